The Kier molecular flexibility index (Phi) is 10.3. The third kappa shape index (κ3) is 6.62. The van der Waals surface area contributed by atoms with Gasteiger partial charge >= 0.3 is 5.97 Å². The van der Waals surface area contributed by atoms with Gasteiger partial charge in [-0.05, 0) is 38.3 Å². The highest BCUT2D eigenvalue weighted by Crippen LogP contribution is 2.19. The maximum absolute atomic E-state index is 11.8. The molecule has 0 unspecified atom stereocenters. The van der Waals surface area contributed by atoms with E-state index in [2.05, 4.69) is 20.2 Å². The normalized spacial score (nSPS) is 15.2. The number of carbonyl (C=O) groups excluding carboxylic acids is 1. The SMILES string of the molecule is CCOC(=O)C1CCN(C(=NC)NCc2ccnc(OCC)c2)CC1.I. The third-order valence-corrected chi connectivity index (χ3v) is 4.17. The number of piperidine rings is 1. The van der Waals surface area contributed by atoms with Crippen LogP contribution in [0.4, 0.5) is 0 Å². The molecule has 0 spiro atoms. The summed E-state index contributed by atoms with van der Waals surface area (Å²) in [5.41, 5.74) is 1.08. The van der Waals surface area contributed by atoms with E-state index in [4.69, 9.17) is 9.47 Å². The lowest BCUT2D eigenvalue weighted by Crippen LogP contribution is -2.46. The Bertz CT molecular complexity index is 590. The number of nitrogens with zero attached hydrogens (tertiary/aromatic N) is 3. The lowest BCUT2D eigenvalue weighted by molar-refractivity contribution is -0.149. The van der Waals surface area contributed by atoms with E-state index in [0.29, 0.717) is 25.6 Å². The van der Waals surface area contributed by atoms with Crippen LogP contribution in [0, 0.1) is 5.92 Å². The van der Waals surface area contributed by atoms with Crippen molar-refractivity contribution in [1.29, 1.82) is 0 Å². The molecule has 1 aromatic rings. The summed E-state index contributed by atoms with van der Waals surface area (Å²) in [6.07, 6.45) is 3.34. The molecule has 7 nitrogen and oxygen atoms in total. The topological polar surface area (TPSA) is 76.0 Å². The zero-order chi connectivity index (χ0) is 18.1. The van der Waals surface area contributed by atoms with E-state index < -0.39 is 0 Å². The number of rotatable bonds is 6. The first-order valence-electron chi connectivity index (χ1n) is 8.87. The Morgan fingerprint density at radius 2 is 2.08 bits per heavy atom. The minimum atomic E-state index is -0.0784. The van der Waals surface area contributed by atoms with Gasteiger partial charge in [0.25, 0.3) is 0 Å². The van der Waals surface area contributed by atoms with Gasteiger partial charge in [0.15, 0.2) is 5.96 Å². The molecule has 0 saturated carbocycles. The van der Waals surface area contributed by atoms with Crippen LogP contribution in [-0.4, -0.2) is 55.2 Å². The van der Waals surface area contributed by atoms with Gasteiger partial charge < -0.3 is 19.7 Å². The zero-order valence-corrected chi connectivity index (χ0v) is 18.1. The predicted molar refractivity (Wildman–Crippen MR) is 112 cm³/mol. The van der Waals surface area contributed by atoms with Gasteiger partial charge in [-0.15, -0.1) is 24.0 Å². The lowest BCUT2D eigenvalue weighted by Gasteiger charge is -2.33. The number of nitrogens with one attached hydrogen (secondary N) is 1. The largest absolute Gasteiger partial charge is 0.478 e. The van der Waals surface area contributed by atoms with Crippen molar-refractivity contribution in [1.82, 2.24) is 15.2 Å². The number of guanidine groups is 1. The maximum Gasteiger partial charge on any atom is 0.309 e. The molecule has 146 valence electrons. The molecule has 2 heterocycles. The number of carbonyl (C=O) groups is 1. The van der Waals surface area contributed by atoms with Crippen molar-refractivity contribution < 1.29 is 14.3 Å². The van der Waals surface area contributed by atoms with E-state index in [1.807, 2.05) is 26.0 Å². The molecule has 1 fully saturated rings. The lowest BCUT2D eigenvalue weighted by atomic mass is 9.97. The van der Waals surface area contributed by atoms with Crippen molar-refractivity contribution in [3.05, 3.63) is 23.9 Å². The monoisotopic (exact) mass is 476 g/mol. The van der Waals surface area contributed by atoms with Crippen LogP contribution in [0.5, 0.6) is 5.88 Å². The average Bonchev–Trinajstić information content (AvgIpc) is 2.63. The molecule has 1 N–H and O–H groups in total. The highest BCUT2D eigenvalue weighted by molar-refractivity contribution is 14.0. The molecule has 26 heavy (non-hydrogen) atoms. The van der Waals surface area contributed by atoms with Crippen molar-refractivity contribution in [2.24, 2.45) is 10.9 Å². The van der Waals surface area contributed by atoms with E-state index >= 15 is 0 Å². The highest BCUT2D eigenvalue weighted by Gasteiger charge is 2.27. The molecule has 1 saturated heterocycles. The molecule has 8 heteroatoms. The summed E-state index contributed by atoms with van der Waals surface area (Å²) in [6.45, 7) is 7.06. The number of halogens is 1. The summed E-state index contributed by atoms with van der Waals surface area (Å²) in [4.78, 5) is 22.5. The smallest absolute Gasteiger partial charge is 0.309 e. The first-order valence-corrected chi connectivity index (χ1v) is 8.87. The van der Waals surface area contributed by atoms with Crippen molar-refractivity contribution >= 4 is 35.9 Å². The number of esters is 1. The molecular formula is C18H29IN4O3. The highest BCUT2D eigenvalue weighted by atomic mass is 127. The Labute approximate surface area is 172 Å². The Morgan fingerprint density at radius 3 is 2.69 bits per heavy atom. The molecule has 0 amide bonds. The molecule has 1 aliphatic heterocycles. The molecule has 0 bridgehead atoms. The first-order chi connectivity index (χ1) is 12.2. The minimum absolute atomic E-state index is 0. The van der Waals surface area contributed by atoms with Crippen LogP contribution in [0.25, 0.3) is 0 Å². The van der Waals surface area contributed by atoms with Crippen LogP contribution in [-0.2, 0) is 16.1 Å². The van der Waals surface area contributed by atoms with Crippen LogP contribution in [0.1, 0.15) is 32.3 Å². The van der Waals surface area contributed by atoms with Gasteiger partial charge in [0, 0.05) is 38.9 Å². The second-order valence-corrected chi connectivity index (χ2v) is 5.85. The molecule has 0 aromatic carbocycles. The van der Waals surface area contributed by atoms with Gasteiger partial charge in [-0.25, -0.2) is 4.98 Å². The number of aliphatic imine (C=N–C) groups is 1. The third-order valence-electron chi connectivity index (χ3n) is 4.17. The molecule has 0 atom stereocenters. The zero-order valence-electron chi connectivity index (χ0n) is 15.7. The van der Waals surface area contributed by atoms with E-state index in [-0.39, 0.29) is 35.9 Å². The fraction of sp³-hybridized carbons (Fsp3) is 0.611. The Morgan fingerprint density at radius 1 is 1.35 bits per heavy atom. The van der Waals surface area contributed by atoms with Gasteiger partial charge in [-0.2, -0.15) is 0 Å². The van der Waals surface area contributed by atoms with E-state index in [1.165, 1.54) is 0 Å². The minimum Gasteiger partial charge on any atom is -0.478 e. The molecule has 1 aliphatic rings. The molecule has 0 radical (unpaired) electrons. The van der Waals surface area contributed by atoms with Crippen LogP contribution < -0.4 is 10.1 Å². The van der Waals surface area contributed by atoms with E-state index in [1.54, 1.807) is 13.2 Å². The fourth-order valence-electron chi connectivity index (χ4n) is 2.89. The fourth-order valence-corrected chi connectivity index (χ4v) is 2.89. The first kappa shape index (κ1) is 22.5. The van der Waals surface area contributed by atoms with Gasteiger partial charge in [-0.1, -0.05) is 0 Å². The maximum atomic E-state index is 11.8. The number of likely N-dealkylation sites (tertiary alicyclic amines) is 1. The van der Waals surface area contributed by atoms with Crippen molar-refractivity contribution in [2.45, 2.75) is 33.2 Å². The van der Waals surface area contributed by atoms with Crippen LogP contribution in [0.15, 0.2) is 23.3 Å². The van der Waals surface area contributed by atoms with Crippen molar-refractivity contribution in [2.75, 3.05) is 33.4 Å². The number of hydrogen-bond donors (Lipinski definition) is 1. The Balaban J connectivity index is 0.00000338. The van der Waals surface area contributed by atoms with Crippen molar-refractivity contribution in [3.8, 4) is 5.88 Å². The summed E-state index contributed by atoms with van der Waals surface area (Å²) in [7, 11) is 1.78. The molecule has 1 aromatic heterocycles. The van der Waals surface area contributed by atoms with Crippen molar-refractivity contribution in [3.63, 3.8) is 0 Å². The molecule has 0 aliphatic carbocycles. The number of aromatic nitrogens is 1. The van der Waals surface area contributed by atoms with Gasteiger partial charge in [0.1, 0.15) is 0 Å². The summed E-state index contributed by atoms with van der Waals surface area (Å²) in [5.74, 6) is 1.40. The van der Waals surface area contributed by atoms with Crippen LogP contribution in [0.2, 0.25) is 0 Å². The quantitative estimate of drug-likeness (QED) is 0.294. The van der Waals surface area contributed by atoms with E-state index in [0.717, 1.165) is 37.5 Å². The van der Waals surface area contributed by atoms with Gasteiger partial charge in [0.2, 0.25) is 5.88 Å². The van der Waals surface area contributed by atoms with Crippen LogP contribution >= 0.6 is 24.0 Å². The Hall–Kier alpha value is -1.58. The van der Waals surface area contributed by atoms with Crippen LogP contribution in [0.3, 0.4) is 0 Å². The average molecular weight is 476 g/mol. The standard InChI is InChI=1S/C18H28N4O3.HI/c1-4-24-16-12-14(6-9-20-16)13-21-18(19-3)22-10-7-15(8-11-22)17(23)25-5-2;/h6,9,12,15H,4-5,7-8,10-11,13H2,1-3H3,(H,19,21);1H. The van der Waals surface area contributed by atoms with Gasteiger partial charge in [0.05, 0.1) is 19.1 Å². The van der Waals surface area contributed by atoms with E-state index in [9.17, 15) is 4.79 Å². The molecular weight excluding hydrogens is 447 g/mol. The summed E-state index contributed by atoms with van der Waals surface area (Å²) >= 11 is 0. The summed E-state index contributed by atoms with van der Waals surface area (Å²) in [5, 5.41) is 3.37. The predicted octanol–water partition coefficient (Wildman–Crippen LogP) is 2.45. The number of ether oxygens (including phenoxy) is 2. The molecule has 2 rings (SSSR count). The number of pyridine rings is 1. The number of hydrogen-bond acceptors (Lipinski definition) is 5. The summed E-state index contributed by atoms with van der Waals surface area (Å²) in [6, 6.07) is 3.88. The second-order valence-electron chi connectivity index (χ2n) is 5.85. The second kappa shape index (κ2) is 11.9. The summed E-state index contributed by atoms with van der Waals surface area (Å²) < 4.78 is 10.5. The van der Waals surface area contributed by atoms with Gasteiger partial charge in [-0.3, -0.25) is 9.79 Å².